The molecule has 0 aliphatic carbocycles. The van der Waals surface area contributed by atoms with E-state index in [-0.39, 0.29) is 0 Å². The topological polar surface area (TPSA) is 23.5 Å². The summed E-state index contributed by atoms with van der Waals surface area (Å²) < 4.78 is 12.5. The molecule has 1 rings (SSSR count). The van der Waals surface area contributed by atoms with Crippen molar-refractivity contribution in [3.05, 3.63) is 0 Å². The van der Waals surface area contributed by atoms with Gasteiger partial charge in [0.1, 0.15) is 6.17 Å². The molecular formula is C6H12FNO. The van der Waals surface area contributed by atoms with Crippen molar-refractivity contribution in [1.82, 2.24) is 4.90 Å². The molecule has 2 atom stereocenters. The van der Waals surface area contributed by atoms with E-state index in [1.54, 1.807) is 0 Å². The number of nitrogens with zero attached hydrogens (tertiary/aromatic N) is 1. The van der Waals surface area contributed by atoms with Gasteiger partial charge in [0.2, 0.25) is 0 Å². The highest BCUT2D eigenvalue weighted by Crippen LogP contribution is 2.11. The Kier molecular flexibility index (Phi) is 2.03. The van der Waals surface area contributed by atoms with Crippen LogP contribution in [0.15, 0.2) is 0 Å². The molecule has 0 aromatic carbocycles. The molecule has 0 saturated carbocycles. The molecule has 0 spiro atoms. The van der Waals surface area contributed by atoms with Gasteiger partial charge in [-0.25, -0.2) is 4.39 Å². The van der Waals surface area contributed by atoms with Gasteiger partial charge in [0.25, 0.3) is 0 Å². The number of alkyl halides is 1. The van der Waals surface area contributed by atoms with Gasteiger partial charge in [-0.3, -0.25) is 4.90 Å². The molecule has 9 heavy (non-hydrogen) atoms. The maximum Gasteiger partial charge on any atom is 0.140 e. The van der Waals surface area contributed by atoms with Gasteiger partial charge >= 0.3 is 0 Å². The Balaban J connectivity index is 2.35. The number of hydrogen-bond donors (Lipinski definition) is 1. The molecule has 0 amide bonds. The maximum absolute atomic E-state index is 12.5. The SMILES string of the molecule is CCN1CC(O)C(F)C1. The van der Waals surface area contributed by atoms with Crippen molar-refractivity contribution < 1.29 is 9.50 Å². The Morgan fingerprint density at radius 2 is 2.33 bits per heavy atom. The van der Waals surface area contributed by atoms with Gasteiger partial charge in [-0.1, -0.05) is 6.92 Å². The first kappa shape index (κ1) is 6.96. The third-order valence-corrected chi connectivity index (χ3v) is 1.74. The molecule has 1 heterocycles. The van der Waals surface area contributed by atoms with Gasteiger partial charge in [0.05, 0.1) is 6.10 Å². The molecular weight excluding hydrogens is 121 g/mol. The van der Waals surface area contributed by atoms with E-state index in [9.17, 15) is 4.39 Å². The van der Waals surface area contributed by atoms with Gasteiger partial charge in [0.15, 0.2) is 0 Å². The van der Waals surface area contributed by atoms with E-state index in [4.69, 9.17) is 5.11 Å². The lowest BCUT2D eigenvalue weighted by atomic mass is 10.3. The molecule has 54 valence electrons. The first-order valence-corrected chi connectivity index (χ1v) is 3.28. The van der Waals surface area contributed by atoms with Crippen LogP contribution in [0.4, 0.5) is 4.39 Å². The predicted molar refractivity (Wildman–Crippen MR) is 33.0 cm³/mol. The summed E-state index contributed by atoms with van der Waals surface area (Å²) >= 11 is 0. The van der Waals surface area contributed by atoms with Crippen LogP contribution in [-0.4, -0.2) is 41.9 Å². The van der Waals surface area contributed by atoms with Crippen LogP contribution in [0.25, 0.3) is 0 Å². The highest BCUT2D eigenvalue weighted by molar-refractivity contribution is 4.82. The summed E-state index contributed by atoms with van der Waals surface area (Å²) in [4.78, 5) is 1.90. The minimum Gasteiger partial charge on any atom is -0.389 e. The highest BCUT2D eigenvalue weighted by Gasteiger charge is 2.29. The van der Waals surface area contributed by atoms with Gasteiger partial charge in [0, 0.05) is 13.1 Å². The molecule has 1 aliphatic heterocycles. The predicted octanol–water partition coefficient (Wildman–Crippen LogP) is 0.0209. The lowest BCUT2D eigenvalue weighted by Gasteiger charge is -2.08. The molecule has 2 nitrogen and oxygen atoms in total. The minimum absolute atomic E-state index is 0.400. The second-order valence-corrected chi connectivity index (χ2v) is 2.44. The first-order chi connectivity index (χ1) is 4.24. The maximum atomic E-state index is 12.5. The zero-order chi connectivity index (χ0) is 6.85. The lowest BCUT2D eigenvalue weighted by Crippen LogP contribution is -2.21. The molecule has 3 heteroatoms. The Labute approximate surface area is 54.3 Å². The lowest BCUT2D eigenvalue weighted by molar-refractivity contribution is 0.116. The fraction of sp³-hybridized carbons (Fsp3) is 1.00. The van der Waals surface area contributed by atoms with Gasteiger partial charge in [-0.2, -0.15) is 0 Å². The second kappa shape index (κ2) is 2.62. The average molecular weight is 133 g/mol. The number of hydrogen-bond acceptors (Lipinski definition) is 2. The fourth-order valence-electron chi connectivity index (χ4n) is 1.08. The third kappa shape index (κ3) is 1.40. The minimum atomic E-state index is -1.02. The van der Waals surface area contributed by atoms with E-state index < -0.39 is 12.3 Å². The fourth-order valence-corrected chi connectivity index (χ4v) is 1.08. The van der Waals surface area contributed by atoms with E-state index in [0.717, 1.165) is 6.54 Å². The van der Waals surface area contributed by atoms with E-state index in [2.05, 4.69) is 0 Å². The van der Waals surface area contributed by atoms with Crippen molar-refractivity contribution in [1.29, 1.82) is 0 Å². The summed E-state index contributed by atoms with van der Waals surface area (Å²) in [5, 5.41) is 8.88. The molecule has 1 saturated heterocycles. The summed E-state index contributed by atoms with van der Waals surface area (Å²) in [7, 11) is 0. The molecule has 1 N–H and O–H groups in total. The number of aliphatic hydroxyl groups excluding tert-OH is 1. The van der Waals surface area contributed by atoms with Crippen LogP contribution in [0.2, 0.25) is 0 Å². The van der Waals surface area contributed by atoms with Gasteiger partial charge in [-0.15, -0.1) is 0 Å². The zero-order valence-electron chi connectivity index (χ0n) is 5.55. The summed E-state index contributed by atoms with van der Waals surface area (Å²) in [5.74, 6) is 0. The van der Waals surface area contributed by atoms with Crippen LogP contribution in [0.1, 0.15) is 6.92 Å². The van der Waals surface area contributed by atoms with Crippen molar-refractivity contribution >= 4 is 0 Å². The third-order valence-electron chi connectivity index (χ3n) is 1.74. The number of likely N-dealkylation sites (tertiary alicyclic amines) is 1. The molecule has 0 radical (unpaired) electrons. The van der Waals surface area contributed by atoms with Crippen LogP contribution >= 0.6 is 0 Å². The summed E-state index contributed by atoms with van der Waals surface area (Å²) in [6.45, 7) is 3.69. The zero-order valence-corrected chi connectivity index (χ0v) is 5.55. The molecule has 1 aliphatic rings. The van der Waals surface area contributed by atoms with Gasteiger partial charge < -0.3 is 5.11 Å². The van der Waals surface area contributed by atoms with Crippen LogP contribution in [0.5, 0.6) is 0 Å². The smallest absolute Gasteiger partial charge is 0.140 e. The molecule has 0 bridgehead atoms. The average Bonchev–Trinajstić information content (AvgIpc) is 2.13. The van der Waals surface area contributed by atoms with E-state index in [1.807, 2.05) is 11.8 Å². The Morgan fingerprint density at radius 3 is 2.56 bits per heavy atom. The van der Waals surface area contributed by atoms with Crippen molar-refractivity contribution in [2.45, 2.75) is 19.2 Å². The van der Waals surface area contributed by atoms with Gasteiger partial charge in [-0.05, 0) is 6.54 Å². The van der Waals surface area contributed by atoms with Crippen molar-refractivity contribution in [2.24, 2.45) is 0 Å². The number of aliphatic hydroxyl groups is 1. The van der Waals surface area contributed by atoms with Crippen molar-refractivity contribution in [2.75, 3.05) is 19.6 Å². The van der Waals surface area contributed by atoms with Crippen LogP contribution in [0.3, 0.4) is 0 Å². The summed E-state index contributed by atoms with van der Waals surface area (Å²) in [6, 6.07) is 0. The van der Waals surface area contributed by atoms with Crippen LogP contribution < -0.4 is 0 Å². The Bertz CT molecular complexity index is 89.1. The molecule has 1 fully saturated rings. The summed E-state index contributed by atoms with van der Waals surface area (Å²) in [5.41, 5.74) is 0. The summed E-state index contributed by atoms with van der Waals surface area (Å²) in [6.07, 6.45) is -1.77. The number of rotatable bonds is 1. The second-order valence-electron chi connectivity index (χ2n) is 2.44. The van der Waals surface area contributed by atoms with E-state index in [0.29, 0.717) is 13.1 Å². The first-order valence-electron chi connectivity index (χ1n) is 3.28. The number of halogens is 1. The van der Waals surface area contributed by atoms with Crippen molar-refractivity contribution in [3.63, 3.8) is 0 Å². The largest absolute Gasteiger partial charge is 0.389 e. The molecule has 0 aromatic rings. The van der Waals surface area contributed by atoms with Crippen molar-refractivity contribution in [3.8, 4) is 0 Å². The highest BCUT2D eigenvalue weighted by atomic mass is 19.1. The standard InChI is InChI=1S/C6H12FNO/c1-2-8-3-5(7)6(9)4-8/h5-6,9H,2-4H2,1H3. The van der Waals surface area contributed by atoms with Crippen LogP contribution in [0, 0.1) is 0 Å². The normalized spacial score (nSPS) is 37.7. The Hall–Kier alpha value is -0.150. The number of β-amino-alcohol motifs (C(OH)–C–C–N with tert-alkyl or cyclic N) is 1. The Morgan fingerprint density at radius 1 is 1.67 bits per heavy atom. The quantitative estimate of drug-likeness (QED) is 0.545. The number of likely N-dealkylation sites (N-methyl/N-ethyl adjacent to an activating group) is 1. The van der Waals surface area contributed by atoms with E-state index >= 15 is 0 Å². The van der Waals surface area contributed by atoms with E-state index in [1.165, 1.54) is 0 Å². The monoisotopic (exact) mass is 133 g/mol. The molecule has 2 unspecified atom stereocenters. The van der Waals surface area contributed by atoms with Crippen LogP contribution in [-0.2, 0) is 0 Å². The molecule has 0 aromatic heterocycles.